The molecular formula is C16H26N4. The third-order valence-corrected chi connectivity index (χ3v) is 5.41. The molecular weight excluding hydrogens is 248 g/mol. The van der Waals surface area contributed by atoms with Crippen molar-refractivity contribution in [1.29, 1.82) is 0 Å². The van der Waals surface area contributed by atoms with Gasteiger partial charge in [-0.3, -0.25) is 4.68 Å². The summed E-state index contributed by atoms with van der Waals surface area (Å²) in [5, 5.41) is 8.38. The maximum Gasteiger partial charge on any atom is 0.0540 e. The van der Waals surface area contributed by atoms with Gasteiger partial charge in [-0.2, -0.15) is 5.10 Å². The second-order valence-corrected chi connectivity index (χ2v) is 6.82. The van der Waals surface area contributed by atoms with Crippen LogP contribution in [-0.2, 0) is 13.5 Å². The van der Waals surface area contributed by atoms with E-state index >= 15 is 0 Å². The van der Waals surface area contributed by atoms with Crippen molar-refractivity contribution in [3.63, 3.8) is 0 Å². The quantitative estimate of drug-likeness (QED) is 0.915. The number of aromatic nitrogens is 2. The lowest BCUT2D eigenvalue weighted by atomic mass is 9.91. The van der Waals surface area contributed by atoms with Gasteiger partial charge in [-0.15, -0.1) is 0 Å². The first-order valence-electron chi connectivity index (χ1n) is 8.32. The molecule has 1 aromatic heterocycles. The molecule has 4 rings (SSSR count). The second-order valence-electron chi connectivity index (χ2n) is 6.82. The molecule has 110 valence electrons. The summed E-state index contributed by atoms with van der Waals surface area (Å²) in [5.74, 6) is 0. The lowest BCUT2D eigenvalue weighted by Crippen LogP contribution is -2.44. The summed E-state index contributed by atoms with van der Waals surface area (Å²) in [7, 11) is 2.08. The Balaban J connectivity index is 1.38. The first-order chi connectivity index (χ1) is 9.81. The summed E-state index contributed by atoms with van der Waals surface area (Å²) in [5.41, 5.74) is 2.91. The minimum Gasteiger partial charge on any atom is -0.307 e. The Morgan fingerprint density at radius 1 is 1.15 bits per heavy atom. The number of hydrogen-bond acceptors (Lipinski definition) is 3. The summed E-state index contributed by atoms with van der Waals surface area (Å²) < 4.78 is 2.07. The largest absolute Gasteiger partial charge is 0.307 e. The van der Waals surface area contributed by atoms with Crippen LogP contribution in [0.2, 0.25) is 0 Å². The number of likely N-dealkylation sites (tertiary alicyclic amines) is 1. The van der Waals surface area contributed by atoms with Gasteiger partial charge in [-0.05, 0) is 58.0 Å². The molecule has 2 fully saturated rings. The molecule has 1 atom stereocenters. The number of rotatable bonds is 3. The van der Waals surface area contributed by atoms with Gasteiger partial charge < -0.3 is 10.2 Å². The van der Waals surface area contributed by atoms with E-state index < -0.39 is 0 Å². The van der Waals surface area contributed by atoms with Crippen LogP contribution in [0.1, 0.15) is 55.8 Å². The van der Waals surface area contributed by atoms with E-state index in [1.165, 1.54) is 69.3 Å². The van der Waals surface area contributed by atoms with Gasteiger partial charge in [0.2, 0.25) is 0 Å². The molecule has 0 aromatic carbocycles. The van der Waals surface area contributed by atoms with E-state index in [9.17, 15) is 0 Å². The molecule has 1 saturated heterocycles. The van der Waals surface area contributed by atoms with Crippen molar-refractivity contribution >= 4 is 0 Å². The molecule has 0 bridgehead atoms. The summed E-state index contributed by atoms with van der Waals surface area (Å²) in [4.78, 5) is 2.70. The van der Waals surface area contributed by atoms with Crippen molar-refractivity contribution in [2.75, 3.05) is 13.1 Å². The first kappa shape index (κ1) is 12.8. The van der Waals surface area contributed by atoms with E-state index in [0.29, 0.717) is 12.1 Å². The van der Waals surface area contributed by atoms with Gasteiger partial charge in [0.25, 0.3) is 0 Å². The zero-order valence-electron chi connectivity index (χ0n) is 12.5. The van der Waals surface area contributed by atoms with Crippen LogP contribution in [0.4, 0.5) is 0 Å². The van der Waals surface area contributed by atoms with Crippen LogP contribution >= 0.6 is 0 Å². The molecule has 2 aliphatic carbocycles. The molecule has 4 nitrogen and oxygen atoms in total. The summed E-state index contributed by atoms with van der Waals surface area (Å²) in [6.45, 7) is 2.60. The second kappa shape index (κ2) is 5.15. The maximum atomic E-state index is 4.45. The number of nitrogens with one attached hydrogen (secondary N) is 1. The number of hydrogen-bond donors (Lipinski definition) is 1. The van der Waals surface area contributed by atoms with Gasteiger partial charge in [0.05, 0.1) is 6.20 Å². The van der Waals surface area contributed by atoms with E-state index in [0.717, 1.165) is 6.04 Å². The fourth-order valence-electron chi connectivity index (χ4n) is 4.03. The van der Waals surface area contributed by atoms with Crippen molar-refractivity contribution in [3.05, 3.63) is 17.5 Å². The van der Waals surface area contributed by atoms with Crippen molar-refractivity contribution in [2.45, 2.75) is 63.1 Å². The fraction of sp³-hybridized carbons (Fsp3) is 0.812. The van der Waals surface area contributed by atoms with Crippen LogP contribution in [-0.4, -0.2) is 39.9 Å². The van der Waals surface area contributed by atoms with E-state index in [1.54, 1.807) is 0 Å². The van der Waals surface area contributed by atoms with E-state index in [-0.39, 0.29) is 0 Å². The summed E-state index contributed by atoms with van der Waals surface area (Å²) >= 11 is 0. The molecule has 0 radical (unpaired) electrons. The fourth-order valence-corrected chi connectivity index (χ4v) is 4.03. The predicted molar refractivity (Wildman–Crippen MR) is 79.6 cm³/mol. The van der Waals surface area contributed by atoms with Crippen LogP contribution in [0.15, 0.2) is 6.20 Å². The molecule has 1 unspecified atom stereocenters. The predicted octanol–water partition coefficient (Wildman–Crippen LogP) is 2.01. The Bertz CT molecular complexity index is 469. The van der Waals surface area contributed by atoms with Gasteiger partial charge in [0.1, 0.15) is 0 Å². The molecule has 2 heterocycles. The molecule has 20 heavy (non-hydrogen) atoms. The van der Waals surface area contributed by atoms with Crippen LogP contribution in [0.25, 0.3) is 0 Å². The van der Waals surface area contributed by atoms with E-state index in [4.69, 9.17) is 0 Å². The molecule has 1 aliphatic heterocycles. The van der Waals surface area contributed by atoms with Crippen molar-refractivity contribution in [2.24, 2.45) is 7.05 Å². The maximum absolute atomic E-state index is 4.45. The van der Waals surface area contributed by atoms with E-state index in [2.05, 4.69) is 33.2 Å². The number of fused-ring (bicyclic) bond motifs is 1. The summed E-state index contributed by atoms with van der Waals surface area (Å²) in [6.07, 6.45) is 11.4. The van der Waals surface area contributed by atoms with Crippen LogP contribution < -0.4 is 5.32 Å². The van der Waals surface area contributed by atoms with Crippen LogP contribution in [0.5, 0.6) is 0 Å². The van der Waals surface area contributed by atoms with Crippen molar-refractivity contribution < 1.29 is 0 Å². The Morgan fingerprint density at radius 2 is 1.95 bits per heavy atom. The van der Waals surface area contributed by atoms with Crippen LogP contribution in [0.3, 0.4) is 0 Å². The van der Waals surface area contributed by atoms with Crippen molar-refractivity contribution in [1.82, 2.24) is 20.0 Å². The molecule has 0 spiro atoms. The SMILES string of the molecule is Cn1ncc2c1CCCC2NC1CCN(C2CC2)CC1. The van der Waals surface area contributed by atoms with E-state index in [1.807, 2.05) is 0 Å². The van der Waals surface area contributed by atoms with Gasteiger partial charge in [0.15, 0.2) is 0 Å². The zero-order chi connectivity index (χ0) is 13.5. The Hall–Kier alpha value is -0.870. The molecule has 4 heteroatoms. The monoisotopic (exact) mass is 274 g/mol. The third-order valence-electron chi connectivity index (χ3n) is 5.41. The molecule has 1 N–H and O–H groups in total. The van der Waals surface area contributed by atoms with Crippen molar-refractivity contribution in [3.8, 4) is 0 Å². The lowest BCUT2D eigenvalue weighted by molar-refractivity contribution is 0.180. The number of piperidine rings is 1. The average Bonchev–Trinajstić information content (AvgIpc) is 3.25. The number of nitrogens with zero attached hydrogens (tertiary/aromatic N) is 3. The Labute approximate surface area is 121 Å². The molecule has 1 saturated carbocycles. The normalized spacial score (nSPS) is 28.6. The van der Waals surface area contributed by atoms with Gasteiger partial charge in [-0.25, -0.2) is 0 Å². The molecule has 0 amide bonds. The lowest BCUT2D eigenvalue weighted by Gasteiger charge is -2.35. The topological polar surface area (TPSA) is 33.1 Å². The highest BCUT2D eigenvalue weighted by Crippen LogP contribution is 2.32. The van der Waals surface area contributed by atoms with Gasteiger partial charge >= 0.3 is 0 Å². The minimum absolute atomic E-state index is 0.546. The van der Waals surface area contributed by atoms with Gasteiger partial charge in [-0.1, -0.05) is 0 Å². The molecule has 3 aliphatic rings. The number of aryl methyl sites for hydroxylation is 1. The highest BCUT2D eigenvalue weighted by atomic mass is 15.3. The highest BCUT2D eigenvalue weighted by molar-refractivity contribution is 5.24. The van der Waals surface area contributed by atoms with Gasteiger partial charge in [0, 0.05) is 36.4 Å². The standard InChI is InChI=1S/C16H26N4/c1-19-16-4-2-3-15(14(16)11-17-19)18-12-7-9-20(10-8-12)13-5-6-13/h11-13,15,18H,2-10H2,1H3. The highest BCUT2D eigenvalue weighted by Gasteiger charge is 2.33. The van der Waals surface area contributed by atoms with Crippen LogP contribution in [0, 0.1) is 0 Å². The average molecular weight is 274 g/mol. The minimum atomic E-state index is 0.546. The Kier molecular flexibility index (Phi) is 3.31. The Morgan fingerprint density at radius 3 is 2.70 bits per heavy atom. The summed E-state index contributed by atoms with van der Waals surface area (Å²) in [6, 6.07) is 2.20. The molecule has 1 aromatic rings. The first-order valence-corrected chi connectivity index (χ1v) is 8.32. The smallest absolute Gasteiger partial charge is 0.0540 e. The zero-order valence-corrected chi connectivity index (χ0v) is 12.5. The third kappa shape index (κ3) is 2.40.